The summed E-state index contributed by atoms with van der Waals surface area (Å²) in [4.78, 5) is 73.6. The van der Waals surface area contributed by atoms with Crippen LogP contribution in [0, 0.1) is 29.5 Å². The van der Waals surface area contributed by atoms with Crippen LogP contribution in [0.2, 0.25) is 5.02 Å². The number of anilines is 2. The van der Waals surface area contributed by atoms with Crippen LogP contribution in [0.3, 0.4) is 0 Å². The van der Waals surface area contributed by atoms with Crippen molar-refractivity contribution < 1.29 is 38.2 Å². The molecule has 3 fully saturated rings. The number of benzene rings is 5. The third kappa shape index (κ3) is 5.63. The highest BCUT2D eigenvalue weighted by molar-refractivity contribution is 6.30. The molecule has 2 N–H and O–H groups in total. The molecule has 1 saturated carbocycles. The number of hydrazine groups is 1. The monoisotopic (exact) mass is 795 g/mol. The topological polar surface area (TPSA) is 133 Å². The van der Waals surface area contributed by atoms with E-state index in [1.54, 1.807) is 78.9 Å². The van der Waals surface area contributed by atoms with E-state index < -0.39 is 64.5 Å². The maximum atomic E-state index is 15.4. The Kier molecular flexibility index (Phi) is 9.00. The Hall–Kier alpha value is -6.59. The first-order chi connectivity index (χ1) is 28.0. The number of amides is 4. The summed E-state index contributed by atoms with van der Waals surface area (Å²) in [5, 5.41) is 11.9. The third-order valence-electron chi connectivity index (χ3n) is 12.2. The van der Waals surface area contributed by atoms with Gasteiger partial charge in [0.25, 0.3) is 11.8 Å². The van der Waals surface area contributed by atoms with Gasteiger partial charge < -0.3 is 9.84 Å². The summed E-state index contributed by atoms with van der Waals surface area (Å²) in [7, 11) is 1.44. The Bertz CT molecular complexity index is 2550. The van der Waals surface area contributed by atoms with Crippen molar-refractivity contribution in [1.29, 1.82) is 0 Å². The number of nitrogens with one attached hydrogen (secondary N) is 1. The summed E-state index contributed by atoms with van der Waals surface area (Å²) in [6, 6.07) is 31.7. The van der Waals surface area contributed by atoms with Gasteiger partial charge in [0.2, 0.25) is 11.8 Å². The fraction of sp³-hybridized carbons (Fsp3) is 0.196. The van der Waals surface area contributed by atoms with Gasteiger partial charge in [-0.15, -0.1) is 0 Å². The lowest BCUT2D eigenvalue weighted by Gasteiger charge is -2.50. The van der Waals surface area contributed by atoms with Crippen LogP contribution < -0.4 is 15.1 Å². The zero-order valence-corrected chi connectivity index (χ0v) is 31.7. The van der Waals surface area contributed by atoms with E-state index in [0.29, 0.717) is 44.2 Å². The molecule has 0 spiro atoms. The molecule has 6 unspecified atom stereocenters. The van der Waals surface area contributed by atoms with Crippen LogP contribution in [0.4, 0.5) is 15.8 Å². The summed E-state index contributed by atoms with van der Waals surface area (Å²) in [6.07, 6.45) is 2.14. The largest absolute Gasteiger partial charge is 0.508 e. The predicted octanol–water partition coefficient (Wildman–Crippen LogP) is 7.61. The Morgan fingerprint density at radius 3 is 2.21 bits per heavy atom. The maximum absolute atomic E-state index is 15.4. The zero-order chi connectivity index (χ0) is 40.5. The van der Waals surface area contributed by atoms with Crippen molar-refractivity contribution in [3.05, 3.63) is 166 Å². The minimum atomic E-state index is -1.62. The molecule has 10 nitrogen and oxygen atoms in total. The van der Waals surface area contributed by atoms with Crippen LogP contribution in [0.5, 0.6) is 11.5 Å². The Morgan fingerprint density at radius 1 is 0.828 bits per heavy atom. The fourth-order valence-corrected chi connectivity index (χ4v) is 9.84. The van der Waals surface area contributed by atoms with E-state index in [1.165, 1.54) is 48.4 Å². The predicted molar refractivity (Wildman–Crippen MR) is 212 cm³/mol. The number of ketones is 1. The van der Waals surface area contributed by atoms with Crippen LogP contribution >= 0.6 is 11.6 Å². The molecule has 2 heterocycles. The molecule has 2 aliphatic heterocycles. The quantitative estimate of drug-likeness (QED) is 0.0932. The molecule has 4 amide bonds. The van der Waals surface area contributed by atoms with Crippen LogP contribution in [0.15, 0.2) is 133 Å². The smallest absolute Gasteiger partial charge is 0.260 e. The molecule has 5 aromatic rings. The number of phenolic OH excluding ortho intramolecular Hbond substituents is 1. The van der Waals surface area contributed by atoms with Crippen LogP contribution in [-0.2, 0) is 24.6 Å². The number of allylic oxidation sites excluding steroid dienone is 2. The van der Waals surface area contributed by atoms with E-state index in [0.717, 1.165) is 5.01 Å². The second kappa shape index (κ2) is 14.1. The number of hydrogen-bond donors (Lipinski definition) is 2. The normalized spacial score (nSPS) is 24.9. The van der Waals surface area contributed by atoms with Gasteiger partial charge in [-0.1, -0.05) is 71.8 Å². The number of nitrogens with zero attached hydrogens (tertiary/aromatic N) is 2. The lowest BCUT2D eigenvalue weighted by molar-refractivity contribution is -0.138. The van der Waals surface area contributed by atoms with Crippen molar-refractivity contribution in [2.24, 2.45) is 23.7 Å². The highest BCUT2D eigenvalue weighted by atomic mass is 35.5. The van der Waals surface area contributed by atoms with Gasteiger partial charge in [0.15, 0.2) is 5.78 Å². The number of carbonyl (C=O) groups is 5. The number of phenols is 1. The second-order valence-corrected chi connectivity index (χ2v) is 15.5. The number of hydrogen-bond acceptors (Lipinski definition) is 8. The highest BCUT2D eigenvalue weighted by Gasteiger charge is 2.70. The lowest BCUT2D eigenvalue weighted by Crippen LogP contribution is -2.53. The zero-order valence-electron chi connectivity index (χ0n) is 31.0. The summed E-state index contributed by atoms with van der Waals surface area (Å²) < 4.78 is 19.8. The molecular weight excluding hydrogens is 761 g/mol. The number of halogens is 2. The first-order valence-electron chi connectivity index (χ1n) is 18.8. The van der Waals surface area contributed by atoms with Gasteiger partial charge in [-0.2, -0.15) is 5.01 Å². The van der Waals surface area contributed by atoms with Crippen molar-refractivity contribution in [1.82, 2.24) is 5.01 Å². The molecule has 9 rings (SSSR count). The molecule has 2 saturated heterocycles. The van der Waals surface area contributed by atoms with Gasteiger partial charge in [-0.25, -0.2) is 4.39 Å². The van der Waals surface area contributed by atoms with Crippen molar-refractivity contribution in [2.75, 3.05) is 17.4 Å². The van der Waals surface area contributed by atoms with E-state index in [2.05, 4.69) is 5.43 Å². The second-order valence-electron chi connectivity index (χ2n) is 15.1. The SMILES string of the molecule is COc1cc(O)ccc1C1C2=CCC3C(=O)N(c4ccc(C(=O)c5ccccc5)cc4)C(=O)C3C2CC2C(=O)N(Nc3ccc(F)cc3)C(=O)C21c1ccc(Cl)cc1. The summed E-state index contributed by atoms with van der Waals surface area (Å²) in [5.74, 6) is -6.82. The molecule has 2 aliphatic carbocycles. The first-order valence-corrected chi connectivity index (χ1v) is 19.2. The molecular formula is C46H35ClFN3O7. The number of rotatable bonds is 8. The Labute approximate surface area is 337 Å². The number of imide groups is 2. The van der Waals surface area contributed by atoms with E-state index in [9.17, 15) is 28.7 Å². The van der Waals surface area contributed by atoms with Gasteiger partial charge in [-0.05, 0) is 91.1 Å². The fourth-order valence-electron chi connectivity index (χ4n) is 9.71. The number of methoxy groups -OCH3 is 1. The molecule has 0 aromatic heterocycles. The summed E-state index contributed by atoms with van der Waals surface area (Å²) in [6.45, 7) is 0. The molecule has 0 bridgehead atoms. The van der Waals surface area contributed by atoms with E-state index in [4.69, 9.17) is 16.3 Å². The average molecular weight is 796 g/mol. The third-order valence-corrected chi connectivity index (χ3v) is 12.5. The van der Waals surface area contributed by atoms with Gasteiger partial charge in [0.1, 0.15) is 17.3 Å². The van der Waals surface area contributed by atoms with Gasteiger partial charge in [0.05, 0.1) is 41.7 Å². The summed E-state index contributed by atoms with van der Waals surface area (Å²) >= 11 is 6.39. The van der Waals surface area contributed by atoms with Gasteiger partial charge in [0, 0.05) is 33.7 Å². The van der Waals surface area contributed by atoms with E-state index >= 15 is 4.79 Å². The highest BCUT2D eigenvalue weighted by Crippen LogP contribution is 2.65. The number of ether oxygens (including phenoxy) is 1. The number of carbonyl (C=O) groups excluding carboxylic acids is 5. The minimum Gasteiger partial charge on any atom is -0.508 e. The molecule has 290 valence electrons. The average Bonchev–Trinajstić information content (AvgIpc) is 3.62. The van der Waals surface area contributed by atoms with Gasteiger partial charge in [-0.3, -0.25) is 34.3 Å². The molecule has 6 atom stereocenters. The standard InChI is InChI=1S/C46H35ClFN3O7/c1-58-38-23-32(52)19-20-34(38)40-33-21-22-35-39(44(56)50(42(35)54)31-17-7-26(8-18-31)41(53)25-5-3-2-4-6-25)36(33)24-37-43(55)51(49-30-15-13-29(48)14-16-30)45(57)46(37,40)27-9-11-28(47)12-10-27/h2-21,23,35-37,39-40,49,52H,22,24H2,1H3. The van der Waals surface area contributed by atoms with Crippen LogP contribution in [0.1, 0.15) is 45.8 Å². The number of aromatic hydroxyl groups is 1. The minimum absolute atomic E-state index is 0.0378. The van der Waals surface area contributed by atoms with Crippen molar-refractivity contribution >= 4 is 52.4 Å². The van der Waals surface area contributed by atoms with Crippen molar-refractivity contribution in [3.8, 4) is 11.5 Å². The molecule has 58 heavy (non-hydrogen) atoms. The summed E-state index contributed by atoms with van der Waals surface area (Å²) in [5.41, 5.74) is 4.50. The van der Waals surface area contributed by atoms with Crippen LogP contribution in [-0.4, -0.2) is 46.6 Å². The molecule has 4 aliphatic rings. The first kappa shape index (κ1) is 37.0. The van der Waals surface area contributed by atoms with E-state index in [-0.39, 0.29) is 30.1 Å². The Morgan fingerprint density at radius 2 is 1.52 bits per heavy atom. The lowest BCUT2D eigenvalue weighted by atomic mass is 9.49. The van der Waals surface area contributed by atoms with Crippen molar-refractivity contribution in [3.63, 3.8) is 0 Å². The van der Waals surface area contributed by atoms with Crippen LogP contribution in [0.25, 0.3) is 0 Å². The number of fused-ring (bicyclic) bond motifs is 4. The van der Waals surface area contributed by atoms with Crippen molar-refractivity contribution in [2.45, 2.75) is 24.2 Å². The Balaban J connectivity index is 1.17. The van der Waals surface area contributed by atoms with E-state index in [1.807, 2.05) is 12.1 Å². The molecule has 0 radical (unpaired) electrons. The van der Waals surface area contributed by atoms with Gasteiger partial charge >= 0.3 is 0 Å². The maximum Gasteiger partial charge on any atom is 0.260 e. The molecule has 5 aromatic carbocycles. The molecule has 12 heteroatoms.